The lowest BCUT2D eigenvalue weighted by Gasteiger charge is -2.08. The predicted octanol–water partition coefficient (Wildman–Crippen LogP) is 2.35. The Kier molecular flexibility index (Phi) is 5.33. The van der Waals surface area contributed by atoms with Crippen LogP contribution in [-0.4, -0.2) is 12.2 Å². The topological polar surface area (TPSA) is 65.3 Å². The molecule has 21 heavy (non-hydrogen) atoms. The number of ether oxygens (including phenoxy) is 1. The molecule has 2 rings (SSSR count). The van der Waals surface area contributed by atoms with E-state index in [9.17, 15) is 0 Å². The van der Waals surface area contributed by atoms with Gasteiger partial charge in [0.05, 0.1) is 19.3 Å². The third-order valence-corrected chi connectivity index (χ3v) is 3.25. The van der Waals surface area contributed by atoms with Crippen LogP contribution in [0, 0.1) is 11.3 Å². The van der Waals surface area contributed by atoms with Crippen LogP contribution in [0.4, 0.5) is 0 Å². The molecule has 0 bridgehead atoms. The van der Waals surface area contributed by atoms with Crippen LogP contribution in [0.3, 0.4) is 0 Å². The van der Waals surface area contributed by atoms with Crippen LogP contribution in [0.5, 0.6) is 5.75 Å². The molecular formula is C17H18N2O2. The Bertz CT molecular complexity index is 630. The molecule has 0 aliphatic carbocycles. The van der Waals surface area contributed by atoms with E-state index in [-0.39, 0.29) is 6.61 Å². The molecule has 2 N–H and O–H groups in total. The van der Waals surface area contributed by atoms with Gasteiger partial charge < -0.3 is 15.2 Å². The van der Waals surface area contributed by atoms with E-state index in [2.05, 4.69) is 11.4 Å². The first-order chi connectivity index (χ1) is 10.3. The average Bonchev–Trinajstić information content (AvgIpc) is 2.55. The molecule has 0 aliphatic rings. The van der Waals surface area contributed by atoms with Gasteiger partial charge in [0.1, 0.15) is 11.8 Å². The molecule has 2 aromatic rings. The number of nitrogens with one attached hydrogen (secondary N) is 1. The van der Waals surface area contributed by atoms with Crippen molar-refractivity contribution in [3.05, 3.63) is 64.7 Å². The maximum absolute atomic E-state index is 9.06. The summed E-state index contributed by atoms with van der Waals surface area (Å²) in [6, 6.07) is 15.5. The van der Waals surface area contributed by atoms with E-state index in [1.54, 1.807) is 7.11 Å². The maximum Gasteiger partial charge on any atom is 0.136 e. The average molecular weight is 282 g/mol. The Labute approximate surface area is 124 Å². The number of aliphatic hydroxyl groups is 1. The van der Waals surface area contributed by atoms with Crippen LogP contribution in [0.25, 0.3) is 0 Å². The van der Waals surface area contributed by atoms with E-state index in [0.29, 0.717) is 17.9 Å². The Morgan fingerprint density at radius 2 is 1.67 bits per heavy atom. The standard InChI is InChI=1S/C17H18N2O2/c1-21-17-7-6-15(8-16(17)9-18)11-19-10-13-2-4-14(12-20)5-3-13/h2-8,19-20H,10-12H2,1H3. The molecule has 0 aromatic heterocycles. The van der Waals surface area contributed by atoms with Gasteiger partial charge in [-0.05, 0) is 28.8 Å². The van der Waals surface area contributed by atoms with E-state index < -0.39 is 0 Å². The quantitative estimate of drug-likeness (QED) is 0.853. The lowest BCUT2D eigenvalue weighted by atomic mass is 10.1. The second-order valence-corrected chi connectivity index (χ2v) is 4.72. The van der Waals surface area contributed by atoms with Crippen molar-refractivity contribution in [3.63, 3.8) is 0 Å². The number of nitriles is 1. The van der Waals surface area contributed by atoms with E-state index in [1.165, 1.54) is 0 Å². The molecule has 0 amide bonds. The summed E-state index contributed by atoms with van der Waals surface area (Å²) >= 11 is 0. The minimum Gasteiger partial charge on any atom is -0.495 e. The molecule has 0 heterocycles. The zero-order chi connectivity index (χ0) is 15.1. The molecule has 0 atom stereocenters. The minimum atomic E-state index is 0.0660. The monoisotopic (exact) mass is 282 g/mol. The van der Waals surface area contributed by atoms with Crippen LogP contribution in [0.2, 0.25) is 0 Å². The molecule has 4 heteroatoms. The van der Waals surface area contributed by atoms with Crippen molar-refractivity contribution in [2.45, 2.75) is 19.7 Å². The molecule has 2 aromatic carbocycles. The number of nitrogens with zero attached hydrogens (tertiary/aromatic N) is 1. The summed E-state index contributed by atoms with van der Waals surface area (Å²) in [4.78, 5) is 0. The molecule has 0 fully saturated rings. The minimum absolute atomic E-state index is 0.0660. The Balaban J connectivity index is 1.92. The van der Waals surface area contributed by atoms with E-state index >= 15 is 0 Å². The van der Waals surface area contributed by atoms with Gasteiger partial charge in [-0.15, -0.1) is 0 Å². The first kappa shape index (κ1) is 15.0. The van der Waals surface area contributed by atoms with Gasteiger partial charge in [0, 0.05) is 13.1 Å². The molecule has 4 nitrogen and oxygen atoms in total. The van der Waals surface area contributed by atoms with Gasteiger partial charge in [0.25, 0.3) is 0 Å². The first-order valence-electron chi connectivity index (χ1n) is 6.73. The highest BCUT2D eigenvalue weighted by molar-refractivity contribution is 5.45. The predicted molar refractivity (Wildman–Crippen MR) is 80.6 cm³/mol. The number of aliphatic hydroxyl groups excluding tert-OH is 1. The largest absolute Gasteiger partial charge is 0.495 e. The maximum atomic E-state index is 9.06. The fraction of sp³-hybridized carbons (Fsp3) is 0.235. The highest BCUT2D eigenvalue weighted by Crippen LogP contribution is 2.18. The number of hydrogen-bond donors (Lipinski definition) is 2. The second kappa shape index (κ2) is 7.44. The van der Waals surface area contributed by atoms with Crippen molar-refractivity contribution in [1.29, 1.82) is 5.26 Å². The lowest BCUT2D eigenvalue weighted by Crippen LogP contribution is -2.12. The Hall–Kier alpha value is -2.35. The molecule has 0 radical (unpaired) electrons. The summed E-state index contributed by atoms with van der Waals surface area (Å²) in [5.41, 5.74) is 3.65. The normalized spacial score (nSPS) is 10.1. The summed E-state index contributed by atoms with van der Waals surface area (Å²) in [6.07, 6.45) is 0. The second-order valence-electron chi connectivity index (χ2n) is 4.72. The van der Waals surface area contributed by atoms with E-state index in [4.69, 9.17) is 15.1 Å². The number of rotatable bonds is 6. The third kappa shape index (κ3) is 4.06. The zero-order valence-electron chi connectivity index (χ0n) is 12.0. The number of benzene rings is 2. The first-order valence-corrected chi connectivity index (χ1v) is 6.73. The van der Waals surface area contributed by atoms with Crippen molar-refractivity contribution in [3.8, 4) is 11.8 Å². The smallest absolute Gasteiger partial charge is 0.136 e. The van der Waals surface area contributed by atoms with Crippen LogP contribution in [-0.2, 0) is 19.7 Å². The van der Waals surface area contributed by atoms with Gasteiger partial charge in [-0.1, -0.05) is 30.3 Å². The molecule has 0 spiro atoms. The molecule has 0 aliphatic heterocycles. The molecule has 0 saturated carbocycles. The molecule has 0 unspecified atom stereocenters. The third-order valence-electron chi connectivity index (χ3n) is 3.25. The van der Waals surface area contributed by atoms with Crippen molar-refractivity contribution >= 4 is 0 Å². The Morgan fingerprint density at radius 3 is 2.29 bits per heavy atom. The Morgan fingerprint density at radius 1 is 1.05 bits per heavy atom. The van der Waals surface area contributed by atoms with Crippen molar-refractivity contribution in [2.75, 3.05) is 7.11 Å². The van der Waals surface area contributed by atoms with Crippen LogP contribution in [0.15, 0.2) is 42.5 Å². The summed E-state index contributed by atoms with van der Waals surface area (Å²) in [5, 5.41) is 21.4. The number of hydrogen-bond acceptors (Lipinski definition) is 4. The van der Waals surface area contributed by atoms with Gasteiger partial charge in [0.2, 0.25) is 0 Å². The SMILES string of the molecule is COc1ccc(CNCc2ccc(CO)cc2)cc1C#N. The summed E-state index contributed by atoms with van der Waals surface area (Å²) < 4.78 is 5.12. The van der Waals surface area contributed by atoms with Gasteiger partial charge in [-0.25, -0.2) is 0 Å². The van der Waals surface area contributed by atoms with E-state index in [1.807, 2.05) is 42.5 Å². The van der Waals surface area contributed by atoms with Crippen LogP contribution in [0.1, 0.15) is 22.3 Å². The van der Waals surface area contributed by atoms with Crippen LogP contribution >= 0.6 is 0 Å². The fourth-order valence-corrected chi connectivity index (χ4v) is 2.07. The lowest BCUT2D eigenvalue weighted by molar-refractivity contribution is 0.282. The van der Waals surface area contributed by atoms with Gasteiger partial charge in [-0.2, -0.15) is 5.26 Å². The van der Waals surface area contributed by atoms with Crippen LogP contribution < -0.4 is 10.1 Å². The van der Waals surface area contributed by atoms with Gasteiger partial charge in [-0.3, -0.25) is 0 Å². The molecule has 108 valence electrons. The van der Waals surface area contributed by atoms with Gasteiger partial charge in [0.15, 0.2) is 0 Å². The molecular weight excluding hydrogens is 264 g/mol. The van der Waals surface area contributed by atoms with Crippen molar-refractivity contribution < 1.29 is 9.84 Å². The fourth-order valence-electron chi connectivity index (χ4n) is 2.07. The summed E-state index contributed by atoms with van der Waals surface area (Å²) in [5.74, 6) is 0.598. The summed E-state index contributed by atoms with van der Waals surface area (Å²) in [6.45, 7) is 1.48. The number of methoxy groups -OCH3 is 1. The van der Waals surface area contributed by atoms with E-state index in [0.717, 1.165) is 23.2 Å². The highest BCUT2D eigenvalue weighted by atomic mass is 16.5. The highest BCUT2D eigenvalue weighted by Gasteiger charge is 2.03. The van der Waals surface area contributed by atoms with Crippen molar-refractivity contribution in [1.82, 2.24) is 5.32 Å². The molecule has 0 saturated heterocycles. The van der Waals surface area contributed by atoms with Gasteiger partial charge >= 0.3 is 0 Å². The van der Waals surface area contributed by atoms with Crippen molar-refractivity contribution in [2.24, 2.45) is 0 Å². The summed E-state index contributed by atoms with van der Waals surface area (Å²) in [7, 11) is 1.56. The zero-order valence-corrected chi connectivity index (χ0v) is 12.0.